The van der Waals surface area contributed by atoms with Crippen LogP contribution in [0, 0.1) is 12.7 Å². The van der Waals surface area contributed by atoms with Crippen LogP contribution < -0.4 is 10.0 Å². The molecule has 3 rings (SSSR count). The molecule has 1 aromatic heterocycles. The summed E-state index contributed by atoms with van der Waals surface area (Å²) in [5.41, 5.74) is 0.940. The molecule has 0 saturated carbocycles. The summed E-state index contributed by atoms with van der Waals surface area (Å²) in [5, 5.41) is 2.84. The van der Waals surface area contributed by atoms with Gasteiger partial charge in [-0.25, -0.2) is 22.6 Å². The van der Waals surface area contributed by atoms with Crippen molar-refractivity contribution >= 4 is 44.1 Å². The van der Waals surface area contributed by atoms with Gasteiger partial charge in [0, 0.05) is 11.3 Å². The molecule has 11 heteroatoms. The number of amides is 1. The monoisotopic (exact) mass is 463 g/mol. The minimum Gasteiger partial charge on any atom is -0.462 e. The second kappa shape index (κ2) is 9.23. The third kappa shape index (κ3) is 5.44. The summed E-state index contributed by atoms with van der Waals surface area (Å²) >= 11 is 1.00. The van der Waals surface area contributed by atoms with Gasteiger partial charge in [-0.3, -0.25) is 14.8 Å². The number of thiazole rings is 1. The topological polar surface area (TPSA) is 114 Å². The van der Waals surface area contributed by atoms with Crippen molar-refractivity contribution in [1.29, 1.82) is 0 Å². The molecule has 2 N–H and O–H groups in total. The number of aryl methyl sites for hydroxylation is 1. The summed E-state index contributed by atoms with van der Waals surface area (Å²) in [6.45, 7) is 3.57. The molecule has 0 fully saturated rings. The van der Waals surface area contributed by atoms with E-state index in [0.717, 1.165) is 35.6 Å². The minimum atomic E-state index is -3.90. The van der Waals surface area contributed by atoms with Crippen molar-refractivity contribution in [1.82, 2.24) is 4.98 Å². The van der Waals surface area contributed by atoms with E-state index in [4.69, 9.17) is 4.74 Å². The van der Waals surface area contributed by atoms with Crippen LogP contribution in [-0.4, -0.2) is 31.9 Å². The zero-order valence-electron chi connectivity index (χ0n) is 16.5. The van der Waals surface area contributed by atoms with E-state index in [1.807, 2.05) is 0 Å². The molecule has 2 aromatic carbocycles. The molecule has 8 nitrogen and oxygen atoms in total. The van der Waals surface area contributed by atoms with Crippen LogP contribution in [0.15, 0.2) is 53.4 Å². The molecular formula is C20H18FN3O5S2. The van der Waals surface area contributed by atoms with Crippen molar-refractivity contribution in [3.8, 4) is 0 Å². The number of ether oxygens (including phenoxy) is 1. The molecule has 0 unspecified atom stereocenters. The molecule has 0 aliphatic carbocycles. The lowest BCUT2D eigenvalue weighted by Gasteiger charge is -2.09. The predicted molar refractivity (Wildman–Crippen MR) is 114 cm³/mol. The van der Waals surface area contributed by atoms with Crippen LogP contribution in [0.3, 0.4) is 0 Å². The Labute approximate surface area is 182 Å². The summed E-state index contributed by atoms with van der Waals surface area (Å²) in [6.07, 6.45) is 0. The normalized spacial score (nSPS) is 11.1. The van der Waals surface area contributed by atoms with Gasteiger partial charge < -0.3 is 4.74 Å². The fourth-order valence-corrected chi connectivity index (χ4v) is 4.44. The number of esters is 1. The van der Waals surface area contributed by atoms with Crippen molar-refractivity contribution in [3.05, 3.63) is 70.5 Å². The number of hydrogen-bond acceptors (Lipinski definition) is 7. The van der Waals surface area contributed by atoms with Crippen LogP contribution in [0.25, 0.3) is 0 Å². The largest absolute Gasteiger partial charge is 0.462 e. The molecule has 0 spiro atoms. The van der Waals surface area contributed by atoms with Crippen molar-refractivity contribution in [2.75, 3.05) is 16.6 Å². The van der Waals surface area contributed by atoms with E-state index in [1.165, 1.54) is 24.3 Å². The number of anilines is 2. The molecule has 0 atom stereocenters. The first kappa shape index (κ1) is 22.4. The SMILES string of the molecule is CCOC(=O)c1sc(NC(=O)c2ccc(NS(=O)(=O)c3ccc(F)cc3)cc2)nc1C. The third-order valence-electron chi connectivity index (χ3n) is 4.00. The average Bonchev–Trinajstić information content (AvgIpc) is 3.09. The minimum absolute atomic E-state index is 0.0905. The number of nitrogens with one attached hydrogen (secondary N) is 2. The molecule has 0 bridgehead atoms. The van der Waals surface area contributed by atoms with Crippen molar-refractivity contribution in [2.45, 2.75) is 18.7 Å². The first-order valence-corrected chi connectivity index (χ1v) is 11.3. The Morgan fingerprint density at radius 1 is 1.10 bits per heavy atom. The van der Waals surface area contributed by atoms with E-state index in [1.54, 1.807) is 13.8 Å². The summed E-state index contributed by atoms with van der Waals surface area (Å²) in [4.78, 5) is 28.7. The lowest BCUT2D eigenvalue weighted by molar-refractivity contribution is 0.0531. The Morgan fingerprint density at radius 2 is 1.74 bits per heavy atom. The molecule has 31 heavy (non-hydrogen) atoms. The van der Waals surface area contributed by atoms with E-state index in [0.29, 0.717) is 10.6 Å². The number of nitrogens with zero attached hydrogens (tertiary/aromatic N) is 1. The van der Waals surface area contributed by atoms with Gasteiger partial charge in [0.2, 0.25) is 0 Å². The van der Waals surface area contributed by atoms with Gasteiger partial charge in [0.05, 0.1) is 17.2 Å². The predicted octanol–water partition coefficient (Wildman–Crippen LogP) is 3.82. The van der Waals surface area contributed by atoms with Crippen molar-refractivity contribution in [3.63, 3.8) is 0 Å². The van der Waals surface area contributed by atoms with Crippen LogP contribution in [0.4, 0.5) is 15.2 Å². The third-order valence-corrected chi connectivity index (χ3v) is 6.45. The first-order valence-electron chi connectivity index (χ1n) is 9.04. The maximum atomic E-state index is 13.0. The molecule has 0 radical (unpaired) electrons. The van der Waals surface area contributed by atoms with Crippen LogP contribution in [0.1, 0.15) is 32.6 Å². The molecular weight excluding hydrogens is 445 g/mol. The van der Waals surface area contributed by atoms with Crippen LogP contribution >= 0.6 is 11.3 Å². The number of benzene rings is 2. The first-order chi connectivity index (χ1) is 14.7. The number of carbonyl (C=O) groups excluding carboxylic acids is 2. The molecule has 0 saturated heterocycles. The Hall–Kier alpha value is -3.31. The number of halogens is 1. The second-order valence-electron chi connectivity index (χ2n) is 6.24. The highest BCUT2D eigenvalue weighted by Crippen LogP contribution is 2.24. The van der Waals surface area contributed by atoms with E-state index >= 15 is 0 Å². The zero-order chi connectivity index (χ0) is 22.6. The van der Waals surface area contributed by atoms with Gasteiger partial charge in [-0.1, -0.05) is 11.3 Å². The Morgan fingerprint density at radius 3 is 2.35 bits per heavy atom. The molecule has 162 valence electrons. The van der Waals surface area contributed by atoms with Crippen molar-refractivity contribution in [2.24, 2.45) is 0 Å². The lowest BCUT2D eigenvalue weighted by Crippen LogP contribution is -2.14. The Balaban J connectivity index is 1.68. The van der Waals surface area contributed by atoms with Gasteiger partial charge in [-0.15, -0.1) is 0 Å². The number of aromatic nitrogens is 1. The summed E-state index contributed by atoms with van der Waals surface area (Å²) in [6, 6.07) is 10.1. The number of carbonyl (C=O) groups is 2. The second-order valence-corrected chi connectivity index (χ2v) is 8.93. The smallest absolute Gasteiger partial charge is 0.350 e. The average molecular weight is 464 g/mol. The summed E-state index contributed by atoms with van der Waals surface area (Å²) in [5.74, 6) is -1.52. The number of sulfonamides is 1. The lowest BCUT2D eigenvalue weighted by atomic mass is 10.2. The molecule has 0 aliphatic heterocycles. The highest BCUT2D eigenvalue weighted by atomic mass is 32.2. The van der Waals surface area contributed by atoms with E-state index in [9.17, 15) is 22.4 Å². The molecule has 1 amide bonds. The molecule has 1 heterocycles. The summed E-state index contributed by atoms with van der Waals surface area (Å²) in [7, 11) is -3.90. The summed E-state index contributed by atoms with van der Waals surface area (Å²) < 4.78 is 45.0. The molecule has 0 aliphatic rings. The van der Waals surface area contributed by atoms with Gasteiger partial charge in [0.15, 0.2) is 5.13 Å². The van der Waals surface area contributed by atoms with Gasteiger partial charge in [-0.05, 0) is 62.4 Å². The maximum Gasteiger partial charge on any atom is 0.350 e. The van der Waals surface area contributed by atoms with E-state index < -0.39 is 27.7 Å². The Bertz CT molecular complexity index is 1210. The fourth-order valence-electron chi connectivity index (χ4n) is 2.52. The fraction of sp³-hybridized carbons (Fsp3) is 0.150. The van der Waals surface area contributed by atoms with Crippen molar-refractivity contribution < 1.29 is 27.1 Å². The highest BCUT2D eigenvalue weighted by molar-refractivity contribution is 7.92. The number of hydrogen-bond donors (Lipinski definition) is 2. The Kier molecular flexibility index (Phi) is 6.66. The number of rotatable bonds is 7. The van der Waals surface area contributed by atoms with Gasteiger partial charge in [-0.2, -0.15) is 0 Å². The van der Waals surface area contributed by atoms with Crippen LogP contribution in [0.5, 0.6) is 0 Å². The highest BCUT2D eigenvalue weighted by Gasteiger charge is 2.18. The molecule has 3 aromatic rings. The van der Waals surface area contributed by atoms with Crippen LogP contribution in [0.2, 0.25) is 0 Å². The quantitative estimate of drug-likeness (QED) is 0.515. The van der Waals surface area contributed by atoms with Gasteiger partial charge in [0.25, 0.3) is 15.9 Å². The van der Waals surface area contributed by atoms with E-state index in [2.05, 4.69) is 15.0 Å². The standard InChI is InChI=1S/C20H18FN3O5S2/c1-3-29-19(26)17-12(2)22-20(30-17)23-18(25)13-4-8-15(9-5-13)24-31(27,28)16-10-6-14(21)7-11-16/h4-11,24H,3H2,1-2H3,(H,22,23,25). The maximum absolute atomic E-state index is 13.0. The van der Waals surface area contributed by atoms with Gasteiger partial charge in [0.1, 0.15) is 10.7 Å². The van der Waals surface area contributed by atoms with Gasteiger partial charge >= 0.3 is 5.97 Å². The zero-order valence-corrected chi connectivity index (χ0v) is 18.1. The van der Waals surface area contributed by atoms with E-state index in [-0.39, 0.29) is 27.9 Å². The van der Waals surface area contributed by atoms with Crippen LogP contribution in [-0.2, 0) is 14.8 Å².